The van der Waals surface area contributed by atoms with E-state index in [-0.39, 0.29) is 17.8 Å². The number of hydrogen-bond acceptors (Lipinski definition) is 2. The van der Waals surface area contributed by atoms with E-state index in [0.29, 0.717) is 37.2 Å². The molecule has 3 aromatic carbocycles. The highest BCUT2D eigenvalue weighted by molar-refractivity contribution is 6.01. The Morgan fingerprint density at radius 3 is 2.40 bits per heavy atom. The van der Waals surface area contributed by atoms with Gasteiger partial charge < -0.3 is 10.0 Å². The molecule has 0 aromatic heterocycles. The van der Waals surface area contributed by atoms with Crippen LogP contribution in [0.1, 0.15) is 63.0 Å². The second-order valence-electron chi connectivity index (χ2n) is 10.9. The lowest BCUT2D eigenvalue weighted by Crippen LogP contribution is -2.47. The Bertz CT molecular complexity index is 1390. The molecule has 3 nitrogen and oxygen atoms in total. The van der Waals surface area contributed by atoms with Crippen LogP contribution in [0.25, 0.3) is 11.1 Å². The number of aromatic carboxylic acids is 1. The molecule has 7 heteroatoms. The zero-order valence-corrected chi connectivity index (χ0v) is 22.3. The Morgan fingerprint density at radius 1 is 0.950 bits per heavy atom. The molecule has 0 unspecified atom stereocenters. The van der Waals surface area contributed by atoms with Crippen LogP contribution >= 0.6 is 0 Å². The highest BCUT2D eigenvalue weighted by Gasteiger charge is 2.31. The average Bonchev–Trinajstić information content (AvgIpc) is 3.09. The van der Waals surface area contributed by atoms with Gasteiger partial charge in [0.05, 0.1) is 18.7 Å². The number of benzene rings is 3. The molecule has 0 spiro atoms. The minimum Gasteiger partial charge on any atom is -0.478 e. The quantitative estimate of drug-likeness (QED) is 0.278. The molecule has 210 valence electrons. The number of fused-ring (bicyclic) bond motifs is 1. The SMILES string of the molecule is O=C(O)c1ccc2c(c1)CCCC(c1ccccc1CC(F)(F)F)=C2c1ccc(CC2CN(CCCF)C2)cc1. The number of aryl methyl sites for hydroxylation is 1. The van der Waals surface area contributed by atoms with Gasteiger partial charge in [0.15, 0.2) is 0 Å². The number of likely N-dealkylation sites (tertiary alicyclic amines) is 1. The summed E-state index contributed by atoms with van der Waals surface area (Å²) in [6.07, 6.45) is -1.92. The predicted octanol–water partition coefficient (Wildman–Crippen LogP) is 7.62. The van der Waals surface area contributed by atoms with Crippen LogP contribution in [0, 0.1) is 5.92 Å². The van der Waals surface area contributed by atoms with Crippen molar-refractivity contribution in [2.45, 2.75) is 44.7 Å². The number of halogens is 4. The number of carboxylic acid groups (broad SMARTS) is 1. The van der Waals surface area contributed by atoms with E-state index in [4.69, 9.17) is 0 Å². The molecule has 1 aliphatic carbocycles. The van der Waals surface area contributed by atoms with Gasteiger partial charge in [-0.25, -0.2) is 4.79 Å². The van der Waals surface area contributed by atoms with Crippen LogP contribution in [0.3, 0.4) is 0 Å². The van der Waals surface area contributed by atoms with Crippen molar-refractivity contribution in [2.24, 2.45) is 5.92 Å². The molecule has 40 heavy (non-hydrogen) atoms. The molecular formula is C33H33F4NO2. The van der Waals surface area contributed by atoms with Gasteiger partial charge in [0, 0.05) is 19.6 Å². The van der Waals surface area contributed by atoms with Gasteiger partial charge in [-0.2, -0.15) is 13.2 Å². The largest absolute Gasteiger partial charge is 0.478 e. The molecule has 5 rings (SSSR count). The van der Waals surface area contributed by atoms with E-state index in [0.717, 1.165) is 53.9 Å². The van der Waals surface area contributed by atoms with Crippen molar-refractivity contribution in [3.05, 3.63) is 106 Å². The highest BCUT2D eigenvalue weighted by atomic mass is 19.4. The van der Waals surface area contributed by atoms with Crippen LogP contribution < -0.4 is 0 Å². The molecule has 0 atom stereocenters. The Morgan fingerprint density at radius 2 is 1.70 bits per heavy atom. The van der Waals surface area contributed by atoms with Crippen LogP contribution in [0.15, 0.2) is 66.7 Å². The second kappa shape index (κ2) is 12.0. The van der Waals surface area contributed by atoms with Crippen molar-refractivity contribution in [1.29, 1.82) is 0 Å². The van der Waals surface area contributed by atoms with Gasteiger partial charge in [-0.1, -0.05) is 54.6 Å². The van der Waals surface area contributed by atoms with E-state index >= 15 is 0 Å². The highest BCUT2D eigenvalue weighted by Crippen LogP contribution is 2.42. The van der Waals surface area contributed by atoms with E-state index in [1.165, 1.54) is 5.56 Å². The van der Waals surface area contributed by atoms with E-state index in [9.17, 15) is 27.5 Å². The fourth-order valence-corrected chi connectivity index (χ4v) is 6.12. The van der Waals surface area contributed by atoms with Gasteiger partial charge in [0.2, 0.25) is 0 Å². The van der Waals surface area contributed by atoms with Gasteiger partial charge >= 0.3 is 12.1 Å². The maximum Gasteiger partial charge on any atom is 0.393 e. The molecule has 0 bridgehead atoms. The van der Waals surface area contributed by atoms with Crippen LogP contribution in [-0.4, -0.2) is 48.5 Å². The van der Waals surface area contributed by atoms with E-state index in [1.807, 2.05) is 12.1 Å². The van der Waals surface area contributed by atoms with Crippen LogP contribution in [0.4, 0.5) is 17.6 Å². The second-order valence-corrected chi connectivity index (χ2v) is 10.9. The molecule has 1 aliphatic heterocycles. The van der Waals surface area contributed by atoms with E-state index < -0.39 is 18.6 Å². The van der Waals surface area contributed by atoms with Crippen LogP contribution in [-0.2, 0) is 19.3 Å². The maximum absolute atomic E-state index is 13.5. The summed E-state index contributed by atoms with van der Waals surface area (Å²) in [6, 6.07) is 20.1. The van der Waals surface area contributed by atoms with Crippen LogP contribution in [0.5, 0.6) is 0 Å². The van der Waals surface area contributed by atoms with Gasteiger partial charge in [-0.05, 0) is 94.7 Å². The normalized spacial score (nSPS) is 16.4. The molecule has 2 aliphatic rings. The zero-order valence-electron chi connectivity index (χ0n) is 22.3. The number of alkyl halides is 4. The smallest absolute Gasteiger partial charge is 0.393 e. The molecule has 1 fully saturated rings. The Hall–Kier alpha value is -3.45. The van der Waals surface area contributed by atoms with E-state index in [2.05, 4.69) is 17.0 Å². The topological polar surface area (TPSA) is 40.5 Å². The van der Waals surface area contributed by atoms with Crippen LogP contribution in [0.2, 0.25) is 0 Å². The minimum absolute atomic E-state index is 0.204. The van der Waals surface area contributed by atoms with Crippen molar-refractivity contribution in [2.75, 3.05) is 26.3 Å². The van der Waals surface area contributed by atoms with Crippen molar-refractivity contribution < 1.29 is 27.5 Å². The molecular weight excluding hydrogens is 518 g/mol. The zero-order chi connectivity index (χ0) is 28.3. The van der Waals surface area contributed by atoms with Gasteiger partial charge in [0.1, 0.15) is 0 Å². The van der Waals surface area contributed by atoms with Crippen molar-refractivity contribution in [3.8, 4) is 0 Å². The monoisotopic (exact) mass is 551 g/mol. The van der Waals surface area contributed by atoms with Crippen molar-refractivity contribution in [1.82, 2.24) is 4.90 Å². The summed E-state index contributed by atoms with van der Waals surface area (Å²) in [7, 11) is 0. The molecule has 0 amide bonds. The van der Waals surface area contributed by atoms with Gasteiger partial charge in [-0.15, -0.1) is 0 Å². The Balaban J connectivity index is 1.54. The van der Waals surface area contributed by atoms with E-state index in [1.54, 1.807) is 42.5 Å². The lowest BCUT2D eigenvalue weighted by Gasteiger charge is -2.39. The summed E-state index contributed by atoms with van der Waals surface area (Å²) >= 11 is 0. The number of rotatable bonds is 9. The summed E-state index contributed by atoms with van der Waals surface area (Å²) in [6.45, 7) is 2.43. The third-order valence-corrected chi connectivity index (χ3v) is 7.94. The summed E-state index contributed by atoms with van der Waals surface area (Å²) in [5.41, 5.74) is 6.63. The van der Waals surface area contributed by atoms with Crippen molar-refractivity contribution in [3.63, 3.8) is 0 Å². The first-order chi connectivity index (χ1) is 19.2. The van der Waals surface area contributed by atoms with Gasteiger partial charge in [0.25, 0.3) is 0 Å². The maximum atomic E-state index is 13.5. The first kappa shape index (κ1) is 28.1. The minimum atomic E-state index is -4.33. The lowest BCUT2D eigenvalue weighted by molar-refractivity contribution is -0.127. The number of hydrogen-bond donors (Lipinski definition) is 1. The molecule has 3 aromatic rings. The molecule has 1 N–H and O–H groups in total. The fraction of sp³-hybridized carbons (Fsp3) is 0.364. The summed E-state index contributed by atoms with van der Waals surface area (Å²) < 4.78 is 53.0. The average molecular weight is 552 g/mol. The first-order valence-corrected chi connectivity index (χ1v) is 13.8. The van der Waals surface area contributed by atoms with Crippen molar-refractivity contribution >= 4 is 17.1 Å². The molecule has 1 heterocycles. The summed E-state index contributed by atoms with van der Waals surface area (Å²) in [5.74, 6) is -0.473. The number of carboxylic acids is 1. The molecule has 0 saturated carbocycles. The molecule has 0 radical (unpaired) electrons. The molecule has 1 saturated heterocycles. The third kappa shape index (κ3) is 6.47. The standard InChI is InChI=1S/C33H33F4NO2/c34-15-4-16-38-20-23(21-38)17-22-9-11-24(12-10-22)31-29-14-13-26(32(39)40)18-25(29)6-3-8-30(31)28-7-2-1-5-27(28)19-33(35,36)37/h1-2,5,7,9-14,18,23H,3-4,6,8,15-17,19-21H2,(H,39,40). The predicted molar refractivity (Wildman–Crippen MR) is 149 cm³/mol. The lowest BCUT2D eigenvalue weighted by atomic mass is 9.84. The fourth-order valence-electron chi connectivity index (χ4n) is 6.12. The number of allylic oxidation sites excluding steroid dienone is 1. The number of nitrogens with zero attached hydrogens (tertiary/aromatic N) is 1. The summed E-state index contributed by atoms with van der Waals surface area (Å²) in [5, 5.41) is 9.56. The van der Waals surface area contributed by atoms with Gasteiger partial charge in [-0.3, -0.25) is 4.39 Å². The third-order valence-electron chi connectivity index (χ3n) is 7.94. The number of carbonyl (C=O) groups is 1. The Labute approximate surface area is 232 Å². The summed E-state index contributed by atoms with van der Waals surface area (Å²) in [4.78, 5) is 13.9. The first-order valence-electron chi connectivity index (χ1n) is 13.8. The Kier molecular flexibility index (Phi) is 8.40.